The molecule has 1 unspecified atom stereocenters. The molecule has 5 rings (SSSR count). The Morgan fingerprint density at radius 1 is 1.15 bits per heavy atom. The Labute approximate surface area is 199 Å². The van der Waals surface area contributed by atoms with E-state index in [4.69, 9.17) is 26.3 Å². The molecule has 0 bridgehead atoms. The van der Waals surface area contributed by atoms with E-state index >= 15 is 0 Å². The molecule has 3 aromatic carbocycles. The number of fused-ring (bicyclic) bond motifs is 1. The number of aromatic amines is 1. The van der Waals surface area contributed by atoms with Gasteiger partial charge in [0, 0.05) is 11.1 Å². The van der Waals surface area contributed by atoms with Gasteiger partial charge in [0.2, 0.25) is 0 Å². The fourth-order valence-corrected chi connectivity index (χ4v) is 4.27. The summed E-state index contributed by atoms with van der Waals surface area (Å²) in [5.41, 5.74) is 4.18. The smallest absolute Gasteiger partial charge is 0.295 e. The van der Waals surface area contributed by atoms with Crippen LogP contribution in [-0.4, -0.2) is 51.7 Å². The Morgan fingerprint density at radius 3 is 2.53 bits per heavy atom. The summed E-state index contributed by atoms with van der Waals surface area (Å²) in [7, 11) is 0. The summed E-state index contributed by atoms with van der Waals surface area (Å²) in [5, 5.41) is 28.8. The molecule has 1 fully saturated rings. The summed E-state index contributed by atoms with van der Waals surface area (Å²) >= 11 is 6.53. The Morgan fingerprint density at radius 2 is 1.88 bits per heavy atom. The molecule has 3 N–H and O–H groups in total. The van der Waals surface area contributed by atoms with E-state index in [2.05, 4.69) is 9.97 Å². The number of nitriles is 1. The van der Waals surface area contributed by atoms with Crippen molar-refractivity contribution in [1.82, 2.24) is 9.97 Å². The van der Waals surface area contributed by atoms with Crippen LogP contribution in [0, 0.1) is 17.1 Å². The summed E-state index contributed by atoms with van der Waals surface area (Å²) < 4.78 is 25.4. The number of aliphatic hydroxyl groups excluding tert-OH is 2. The normalized spacial score (nSPS) is 19.9. The number of aromatic nitrogens is 2. The van der Waals surface area contributed by atoms with Crippen LogP contribution in [0.4, 0.5) is 4.39 Å². The van der Waals surface area contributed by atoms with Crippen LogP contribution in [-0.2, 0) is 4.74 Å². The lowest BCUT2D eigenvalue weighted by atomic mass is 9.99. The number of aliphatic hydroxyl groups is 2. The molecule has 1 aromatic heterocycles. The van der Waals surface area contributed by atoms with Gasteiger partial charge < -0.3 is 24.7 Å². The second kappa shape index (κ2) is 9.05. The monoisotopic (exact) mass is 479 g/mol. The Hall–Kier alpha value is -3.48. The molecule has 4 aromatic rings. The van der Waals surface area contributed by atoms with Gasteiger partial charge in [-0.25, -0.2) is 4.39 Å². The Bertz CT molecular complexity index is 1400. The van der Waals surface area contributed by atoms with Crippen molar-refractivity contribution in [3.05, 3.63) is 71.0 Å². The SMILES string of the molecule is N#Cc1ccc(-c2ccc(-c3cc4nc(OC5CO[C@H](CO)[C@H]5O)[nH]c4cc3Cl)cc2)c(F)c1. The van der Waals surface area contributed by atoms with E-state index in [-0.39, 0.29) is 24.8 Å². The van der Waals surface area contributed by atoms with Gasteiger partial charge in [-0.15, -0.1) is 0 Å². The first kappa shape index (κ1) is 22.3. The maximum absolute atomic E-state index is 14.4. The molecule has 0 spiro atoms. The number of H-pyrrole nitrogens is 1. The van der Waals surface area contributed by atoms with Crippen LogP contribution in [0.2, 0.25) is 5.02 Å². The number of nitrogens with one attached hydrogen (secondary N) is 1. The molecule has 0 radical (unpaired) electrons. The maximum atomic E-state index is 14.4. The molecule has 172 valence electrons. The van der Waals surface area contributed by atoms with E-state index in [1.807, 2.05) is 24.3 Å². The van der Waals surface area contributed by atoms with E-state index in [0.29, 0.717) is 27.2 Å². The molecular weight excluding hydrogens is 461 g/mol. The standard InChI is InChI=1S/C25H19ClFN3O4/c26-18-9-21-20(29-25(30-21)34-23-12-33-22(11-31)24(23)32)8-17(18)15-4-2-14(3-5-15)16-6-1-13(10-28)7-19(16)27/h1-9,22-24,31-32H,11-12H2,(H,29,30)/t22-,23?,24-/m1/s1. The minimum Gasteiger partial charge on any atom is -0.456 e. The molecular formula is C25H19ClFN3O4. The van der Waals surface area contributed by atoms with Crippen molar-refractivity contribution in [1.29, 1.82) is 5.26 Å². The largest absolute Gasteiger partial charge is 0.456 e. The highest BCUT2D eigenvalue weighted by Gasteiger charge is 2.37. The summed E-state index contributed by atoms with van der Waals surface area (Å²) in [6, 6.07) is 17.3. The maximum Gasteiger partial charge on any atom is 0.295 e. The zero-order chi connectivity index (χ0) is 23.8. The first-order chi connectivity index (χ1) is 16.5. The first-order valence-corrected chi connectivity index (χ1v) is 10.9. The lowest BCUT2D eigenvalue weighted by Crippen LogP contribution is -2.36. The van der Waals surface area contributed by atoms with Gasteiger partial charge in [-0.1, -0.05) is 41.9 Å². The van der Waals surface area contributed by atoms with E-state index in [0.717, 1.165) is 11.1 Å². The predicted octanol–water partition coefficient (Wildman–Crippen LogP) is 4.06. The van der Waals surface area contributed by atoms with Gasteiger partial charge >= 0.3 is 0 Å². The van der Waals surface area contributed by atoms with Gasteiger partial charge in [0.1, 0.15) is 18.0 Å². The Balaban J connectivity index is 1.40. The molecule has 1 aliphatic heterocycles. The van der Waals surface area contributed by atoms with E-state index < -0.39 is 24.1 Å². The molecule has 1 saturated heterocycles. The lowest BCUT2D eigenvalue weighted by molar-refractivity contribution is -0.00390. The van der Waals surface area contributed by atoms with Gasteiger partial charge in [0.05, 0.1) is 40.9 Å². The Kier molecular flexibility index (Phi) is 5.94. The van der Waals surface area contributed by atoms with Crippen molar-refractivity contribution in [2.45, 2.75) is 18.3 Å². The first-order valence-electron chi connectivity index (χ1n) is 10.5. The molecule has 3 atom stereocenters. The highest BCUT2D eigenvalue weighted by molar-refractivity contribution is 6.34. The van der Waals surface area contributed by atoms with Gasteiger partial charge in [0.25, 0.3) is 6.01 Å². The minimum absolute atomic E-state index is 0.141. The fraction of sp³-hybridized carbons (Fsp3) is 0.200. The summed E-state index contributed by atoms with van der Waals surface area (Å²) in [4.78, 5) is 7.47. The third-order valence-electron chi connectivity index (χ3n) is 5.83. The van der Waals surface area contributed by atoms with Crippen molar-refractivity contribution in [2.75, 3.05) is 13.2 Å². The topological polar surface area (TPSA) is 111 Å². The summed E-state index contributed by atoms with van der Waals surface area (Å²) in [6.45, 7) is -0.154. The third-order valence-corrected chi connectivity index (χ3v) is 6.15. The van der Waals surface area contributed by atoms with Gasteiger partial charge in [-0.3, -0.25) is 0 Å². The van der Waals surface area contributed by atoms with E-state index in [1.54, 1.807) is 30.3 Å². The van der Waals surface area contributed by atoms with Crippen molar-refractivity contribution in [3.8, 4) is 34.3 Å². The van der Waals surface area contributed by atoms with Gasteiger partial charge in [0.15, 0.2) is 6.10 Å². The number of halogens is 2. The molecule has 34 heavy (non-hydrogen) atoms. The van der Waals surface area contributed by atoms with Crippen LogP contribution < -0.4 is 4.74 Å². The van der Waals surface area contributed by atoms with Crippen molar-refractivity contribution in [3.63, 3.8) is 0 Å². The van der Waals surface area contributed by atoms with Gasteiger partial charge in [-0.2, -0.15) is 10.2 Å². The van der Waals surface area contributed by atoms with Crippen molar-refractivity contribution in [2.24, 2.45) is 0 Å². The lowest BCUT2D eigenvalue weighted by Gasteiger charge is -2.15. The second-order valence-electron chi connectivity index (χ2n) is 7.98. The van der Waals surface area contributed by atoms with Crippen LogP contribution in [0.3, 0.4) is 0 Å². The molecule has 7 nitrogen and oxygen atoms in total. The number of benzene rings is 3. The number of ether oxygens (including phenoxy) is 2. The van der Waals surface area contributed by atoms with Crippen molar-refractivity contribution < 1.29 is 24.1 Å². The number of imidazole rings is 1. The quantitative estimate of drug-likeness (QED) is 0.398. The zero-order valence-corrected chi connectivity index (χ0v) is 18.5. The highest BCUT2D eigenvalue weighted by atomic mass is 35.5. The molecule has 1 aliphatic rings. The minimum atomic E-state index is -0.961. The third kappa shape index (κ3) is 4.11. The van der Waals surface area contributed by atoms with Crippen LogP contribution in [0.25, 0.3) is 33.3 Å². The van der Waals surface area contributed by atoms with Crippen LogP contribution in [0.5, 0.6) is 6.01 Å². The average Bonchev–Trinajstić information content (AvgIpc) is 3.40. The van der Waals surface area contributed by atoms with E-state index in [9.17, 15) is 14.6 Å². The number of hydrogen-bond donors (Lipinski definition) is 3. The van der Waals surface area contributed by atoms with Crippen molar-refractivity contribution >= 4 is 22.6 Å². The number of hydrogen-bond acceptors (Lipinski definition) is 6. The molecule has 9 heteroatoms. The average molecular weight is 480 g/mol. The number of nitrogens with zero attached hydrogens (tertiary/aromatic N) is 2. The predicted molar refractivity (Wildman–Crippen MR) is 124 cm³/mol. The van der Waals surface area contributed by atoms with Gasteiger partial charge in [-0.05, 0) is 35.4 Å². The van der Waals surface area contributed by atoms with Crippen LogP contribution in [0.1, 0.15) is 5.56 Å². The summed E-state index contributed by atoms with van der Waals surface area (Å²) in [6.07, 6.45) is -2.30. The summed E-state index contributed by atoms with van der Waals surface area (Å²) in [5.74, 6) is -0.460. The van der Waals surface area contributed by atoms with Crippen LogP contribution >= 0.6 is 11.6 Å². The second-order valence-corrected chi connectivity index (χ2v) is 8.38. The zero-order valence-electron chi connectivity index (χ0n) is 17.7. The molecule has 0 amide bonds. The molecule has 2 heterocycles. The van der Waals surface area contributed by atoms with Crippen LogP contribution in [0.15, 0.2) is 54.6 Å². The fourth-order valence-electron chi connectivity index (χ4n) is 3.99. The number of rotatable bonds is 5. The molecule has 0 saturated carbocycles. The molecule has 0 aliphatic carbocycles. The highest BCUT2D eigenvalue weighted by Crippen LogP contribution is 2.34. The van der Waals surface area contributed by atoms with E-state index in [1.165, 1.54) is 6.07 Å².